The maximum atomic E-state index is 6.05. The Balaban J connectivity index is 2.40. The lowest BCUT2D eigenvalue weighted by Crippen LogP contribution is -2.08. The molecule has 2 N–H and O–H groups in total. The largest absolute Gasteiger partial charge is 0.324 e. The molecule has 0 aliphatic heterocycles. The van der Waals surface area contributed by atoms with E-state index in [4.69, 9.17) is 5.73 Å². The molecule has 1 heterocycles. The minimum Gasteiger partial charge on any atom is -0.324 e. The molecule has 19 heavy (non-hydrogen) atoms. The average Bonchev–Trinajstić information content (AvgIpc) is 2.72. The van der Waals surface area contributed by atoms with Gasteiger partial charge in [0.15, 0.2) is 0 Å². The molecule has 0 saturated heterocycles. The molecule has 0 saturated carbocycles. The third-order valence-electron chi connectivity index (χ3n) is 3.75. The lowest BCUT2D eigenvalue weighted by molar-refractivity contribution is 0.634. The first-order chi connectivity index (χ1) is 9.08. The summed E-state index contributed by atoms with van der Waals surface area (Å²) in [5.41, 5.74) is 12.0. The number of aryl methyl sites for hydroxylation is 2. The highest BCUT2D eigenvalue weighted by atomic mass is 15.3. The van der Waals surface area contributed by atoms with Crippen LogP contribution in [0.5, 0.6) is 0 Å². The molecule has 0 aliphatic carbocycles. The SMILES string of the molecule is CCC(N)c1ccc(-c2c(C)nn(CC)c2C)cc1. The average molecular weight is 257 g/mol. The highest BCUT2D eigenvalue weighted by molar-refractivity contribution is 5.68. The van der Waals surface area contributed by atoms with Crippen molar-refractivity contribution in [2.75, 3.05) is 0 Å². The third-order valence-corrected chi connectivity index (χ3v) is 3.75. The third kappa shape index (κ3) is 2.56. The normalized spacial score (nSPS) is 12.7. The number of rotatable bonds is 4. The van der Waals surface area contributed by atoms with Crippen molar-refractivity contribution in [3.05, 3.63) is 41.2 Å². The van der Waals surface area contributed by atoms with Crippen LogP contribution in [0.1, 0.15) is 43.3 Å². The van der Waals surface area contributed by atoms with E-state index in [-0.39, 0.29) is 6.04 Å². The summed E-state index contributed by atoms with van der Waals surface area (Å²) in [6.45, 7) is 9.33. The predicted octanol–water partition coefficient (Wildman–Crippen LogP) is 3.60. The second kappa shape index (κ2) is 5.57. The van der Waals surface area contributed by atoms with E-state index in [2.05, 4.69) is 61.7 Å². The van der Waals surface area contributed by atoms with Crippen LogP contribution in [-0.2, 0) is 6.54 Å². The number of nitrogens with zero attached hydrogens (tertiary/aromatic N) is 2. The van der Waals surface area contributed by atoms with E-state index < -0.39 is 0 Å². The lowest BCUT2D eigenvalue weighted by atomic mass is 9.99. The van der Waals surface area contributed by atoms with Gasteiger partial charge in [-0.3, -0.25) is 4.68 Å². The summed E-state index contributed by atoms with van der Waals surface area (Å²) in [7, 11) is 0. The van der Waals surface area contributed by atoms with Crippen molar-refractivity contribution >= 4 is 0 Å². The van der Waals surface area contributed by atoms with E-state index in [0.29, 0.717) is 0 Å². The van der Waals surface area contributed by atoms with Gasteiger partial charge in [0.25, 0.3) is 0 Å². The van der Waals surface area contributed by atoms with Crippen LogP contribution in [0, 0.1) is 13.8 Å². The first-order valence-corrected chi connectivity index (χ1v) is 6.98. The Morgan fingerprint density at radius 3 is 2.26 bits per heavy atom. The summed E-state index contributed by atoms with van der Waals surface area (Å²) < 4.78 is 2.05. The molecule has 0 aliphatic rings. The first-order valence-electron chi connectivity index (χ1n) is 6.98. The van der Waals surface area contributed by atoms with E-state index in [1.807, 2.05) is 0 Å². The standard InChI is InChI=1S/C16H23N3/c1-5-15(17)13-7-9-14(10-8-13)16-11(3)18-19(6-2)12(16)4/h7-10,15H,5-6,17H2,1-4H3. The summed E-state index contributed by atoms with van der Waals surface area (Å²) in [6, 6.07) is 8.70. The Labute approximate surface area is 115 Å². The fraction of sp³-hybridized carbons (Fsp3) is 0.438. The molecule has 3 nitrogen and oxygen atoms in total. The van der Waals surface area contributed by atoms with Gasteiger partial charge in [-0.2, -0.15) is 5.10 Å². The van der Waals surface area contributed by atoms with Gasteiger partial charge in [-0.1, -0.05) is 31.2 Å². The van der Waals surface area contributed by atoms with Crippen LogP contribution < -0.4 is 5.73 Å². The van der Waals surface area contributed by atoms with Crippen molar-refractivity contribution in [1.29, 1.82) is 0 Å². The van der Waals surface area contributed by atoms with E-state index >= 15 is 0 Å². The van der Waals surface area contributed by atoms with Crippen molar-refractivity contribution in [2.45, 2.75) is 46.7 Å². The highest BCUT2D eigenvalue weighted by Gasteiger charge is 2.13. The molecule has 2 aromatic rings. The van der Waals surface area contributed by atoms with E-state index in [9.17, 15) is 0 Å². The van der Waals surface area contributed by atoms with Crippen molar-refractivity contribution in [3.63, 3.8) is 0 Å². The lowest BCUT2D eigenvalue weighted by Gasteiger charge is -2.10. The molecule has 1 aromatic heterocycles. The molecule has 1 aromatic carbocycles. The number of hydrogen-bond donors (Lipinski definition) is 1. The van der Waals surface area contributed by atoms with E-state index in [0.717, 1.165) is 18.7 Å². The van der Waals surface area contributed by atoms with Crippen LogP contribution in [0.25, 0.3) is 11.1 Å². The smallest absolute Gasteiger partial charge is 0.0674 e. The Bertz CT molecular complexity index is 552. The Kier molecular flexibility index (Phi) is 4.05. The Morgan fingerprint density at radius 2 is 1.79 bits per heavy atom. The van der Waals surface area contributed by atoms with Crippen molar-refractivity contribution in [2.24, 2.45) is 5.73 Å². The fourth-order valence-corrected chi connectivity index (χ4v) is 2.56. The molecule has 1 atom stereocenters. The molecule has 0 bridgehead atoms. The van der Waals surface area contributed by atoms with Gasteiger partial charge in [-0.15, -0.1) is 0 Å². The molecule has 0 spiro atoms. The Morgan fingerprint density at radius 1 is 1.16 bits per heavy atom. The highest BCUT2D eigenvalue weighted by Crippen LogP contribution is 2.28. The van der Waals surface area contributed by atoms with Crippen LogP contribution in [0.4, 0.5) is 0 Å². The number of hydrogen-bond acceptors (Lipinski definition) is 2. The predicted molar refractivity (Wildman–Crippen MR) is 80.0 cm³/mol. The second-order valence-corrected chi connectivity index (χ2v) is 5.00. The first kappa shape index (κ1) is 13.8. The maximum absolute atomic E-state index is 6.05. The molecule has 0 fully saturated rings. The van der Waals surface area contributed by atoms with Crippen molar-refractivity contribution in [1.82, 2.24) is 9.78 Å². The monoisotopic (exact) mass is 257 g/mol. The van der Waals surface area contributed by atoms with Gasteiger partial charge in [-0.25, -0.2) is 0 Å². The maximum Gasteiger partial charge on any atom is 0.0674 e. The number of nitrogens with two attached hydrogens (primary N) is 1. The molecule has 3 heteroatoms. The van der Waals surface area contributed by atoms with Crippen molar-refractivity contribution < 1.29 is 0 Å². The van der Waals surface area contributed by atoms with Crippen LogP contribution in [-0.4, -0.2) is 9.78 Å². The second-order valence-electron chi connectivity index (χ2n) is 5.00. The molecule has 0 radical (unpaired) electrons. The van der Waals surface area contributed by atoms with Crippen LogP contribution in [0.2, 0.25) is 0 Å². The van der Waals surface area contributed by atoms with E-state index in [1.54, 1.807) is 0 Å². The molecule has 0 amide bonds. The number of benzene rings is 1. The van der Waals surface area contributed by atoms with Gasteiger partial charge in [0.2, 0.25) is 0 Å². The van der Waals surface area contributed by atoms with Gasteiger partial charge in [0, 0.05) is 23.8 Å². The molecule has 102 valence electrons. The zero-order chi connectivity index (χ0) is 14.0. The molecular formula is C16H23N3. The van der Waals surface area contributed by atoms with Gasteiger partial charge in [0.1, 0.15) is 0 Å². The summed E-state index contributed by atoms with van der Waals surface area (Å²) in [6.07, 6.45) is 0.963. The van der Waals surface area contributed by atoms with Crippen LogP contribution in [0.3, 0.4) is 0 Å². The van der Waals surface area contributed by atoms with Gasteiger partial charge >= 0.3 is 0 Å². The summed E-state index contributed by atoms with van der Waals surface area (Å²) in [4.78, 5) is 0. The zero-order valence-corrected chi connectivity index (χ0v) is 12.3. The summed E-state index contributed by atoms with van der Waals surface area (Å²) in [5, 5.41) is 4.57. The topological polar surface area (TPSA) is 43.8 Å². The minimum absolute atomic E-state index is 0.134. The summed E-state index contributed by atoms with van der Waals surface area (Å²) in [5.74, 6) is 0. The van der Waals surface area contributed by atoms with Crippen LogP contribution >= 0.6 is 0 Å². The molecular weight excluding hydrogens is 234 g/mol. The zero-order valence-electron chi connectivity index (χ0n) is 12.3. The fourth-order valence-electron chi connectivity index (χ4n) is 2.56. The molecule has 1 unspecified atom stereocenters. The van der Waals surface area contributed by atoms with Gasteiger partial charge in [-0.05, 0) is 38.3 Å². The van der Waals surface area contributed by atoms with E-state index in [1.165, 1.54) is 22.4 Å². The van der Waals surface area contributed by atoms with Gasteiger partial charge in [0.05, 0.1) is 5.69 Å². The quantitative estimate of drug-likeness (QED) is 0.909. The van der Waals surface area contributed by atoms with Crippen LogP contribution in [0.15, 0.2) is 24.3 Å². The molecule has 2 rings (SSSR count). The number of aromatic nitrogens is 2. The van der Waals surface area contributed by atoms with Crippen molar-refractivity contribution in [3.8, 4) is 11.1 Å². The summed E-state index contributed by atoms with van der Waals surface area (Å²) >= 11 is 0. The van der Waals surface area contributed by atoms with Gasteiger partial charge < -0.3 is 5.73 Å². The Hall–Kier alpha value is -1.61. The minimum atomic E-state index is 0.134.